The average Bonchev–Trinajstić information content (AvgIpc) is 2.75. The van der Waals surface area contributed by atoms with E-state index in [-0.39, 0.29) is 6.04 Å². The van der Waals surface area contributed by atoms with E-state index in [9.17, 15) is 4.79 Å². The van der Waals surface area contributed by atoms with Crippen molar-refractivity contribution in [1.29, 1.82) is 0 Å². The van der Waals surface area contributed by atoms with Crippen LogP contribution in [-0.4, -0.2) is 5.91 Å². The van der Waals surface area contributed by atoms with Crippen LogP contribution in [0.2, 0.25) is 0 Å². The molecule has 0 aliphatic heterocycles. The van der Waals surface area contributed by atoms with Crippen LogP contribution in [0.15, 0.2) is 18.2 Å². The lowest BCUT2D eigenvalue weighted by molar-refractivity contribution is -0.123. The Kier molecular flexibility index (Phi) is 2.38. The number of benzene rings is 1. The quantitative estimate of drug-likeness (QED) is 0.798. The van der Waals surface area contributed by atoms with Crippen molar-refractivity contribution in [1.82, 2.24) is 5.32 Å². The summed E-state index contributed by atoms with van der Waals surface area (Å²) in [4.78, 5) is 12.3. The molecule has 2 fully saturated rings. The van der Waals surface area contributed by atoms with Crippen molar-refractivity contribution in [2.45, 2.75) is 38.1 Å². The van der Waals surface area contributed by atoms with E-state index in [2.05, 4.69) is 11.4 Å². The van der Waals surface area contributed by atoms with Crippen molar-refractivity contribution in [2.75, 3.05) is 5.73 Å². The predicted molar refractivity (Wildman–Crippen MR) is 74.4 cm³/mol. The van der Waals surface area contributed by atoms with Crippen molar-refractivity contribution in [3.63, 3.8) is 0 Å². The SMILES string of the molecule is Nc1ccc2c(c1)CCC2NC(=O)C1C2CCCC21. The van der Waals surface area contributed by atoms with E-state index in [0.29, 0.717) is 23.7 Å². The third-order valence-corrected chi connectivity index (χ3v) is 5.27. The van der Waals surface area contributed by atoms with E-state index in [1.807, 2.05) is 12.1 Å². The Bertz CT molecular complexity index is 530. The van der Waals surface area contributed by atoms with E-state index < -0.39 is 0 Å². The number of amides is 1. The smallest absolute Gasteiger partial charge is 0.224 e. The van der Waals surface area contributed by atoms with Gasteiger partial charge in [-0.3, -0.25) is 4.79 Å². The van der Waals surface area contributed by atoms with Gasteiger partial charge in [0.2, 0.25) is 5.91 Å². The highest BCUT2D eigenvalue weighted by atomic mass is 16.2. The van der Waals surface area contributed by atoms with Gasteiger partial charge in [-0.1, -0.05) is 12.5 Å². The summed E-state index contributed by atoms with van der Waals surface area (Å²) in [6.07, 6.45) is 5.90. The number of nitrogens with two attached hydrogens (primary N) is 1. The molecule has 4 rings (SSSR count). The molecule has 0 spiro atoms. The van der Waals surface area contributed by atoms with Crippen LogP contribution in [0.4, 0.5) is 5.69 Å². The summed E-state index contributed by atoms with van der Waals surface area (Å²) in [5.74, 6) is 2.02. The molecule has 0 bridgehead atoms. The number of hydrogen-bond donors (Lipinski definition) is 2. The van der Waals surface area contributed by atoms with Gasteiger partial charge >= 0.3 is 0 Å². The third kappa shape index (κ3) is 1.75. The van der Waals surface area contributed by atoms with Gasteiger partial charge in [0, 0.05) is 11.6 Å². The van der Waals surface area contributed by atoms with Crippen molar-refractivity contribution in [3.8, 4) is 0 Å². The van der Waals surface area contributed by atoms with Gasteiger partial charge in [-0.15, -0.1) is 0 Å². The summed E-state index contributed by atoms with van der Waals surface area (Å²) < 4.78 is 0. The molecule has 1 amide bonds. The number of fused-ring (bicyclic) bond motifs is 2. The largest absolute Gasteiger partial charge is 0.399 e. The maximum absolute atomic E-state index is 12.3. The number of anilines is 1. The van der Waals surface area contributed by atoms with Gasteiger partial charge in [0.15, 0.2) is 0 Å². The van der Waals surface area contributed by atoms with Crippen LogP contribution in [0.3, 0.4) is 0 Å². The van der Waals surface area contributed by atoms with E-state index in [1.54, 1.807) is 0 Å². The molecule has 0 radical (unpaired) electrons. The molecule has 3 heteroatoms. The molecule has 3 N–H and O–H groups in total. The molecule has 3 unspecified atom stereocenters. The predicted octanol–water partition coefficient (Wildman–Crippen LogP) is 2.42. The first-order chi connectivity index (χ1) is 9.24. The summed E-state index contributed by atoms with van der Waals surface area (Å²) in [5.41, 5.74) is 9.21. The van der Waals surface area contributed by atoms with Crippen LogP contribution in [0.5, 0.6) is 0 Å². The minimum Gasteiger partial charge on any atom is -0.399 e. The fourth-order valence-electron chi connectivity index (χ4n) is 4.27. The van der Waals surface area contributed by atoms with Gasteiger partial charge in [0.05, 0.1) is 6.04 Å². The van der Waals surface area contributed by atoms with Crippen molar-refractivity contribution in [3.05, 3.63) is 29.3 Å². The topological polar surface area (TPSA) is 55.1 Å². The molecule has 2 saturated carbocycles. The molecule has 0 heterocycles. The van der Waals surface area contributed by atoms with Gasteiger partial charge in [0.1, 0.15) is 0 Å². The summed E-state index contributed by atoms with van der Waals surface area (Å²) >= 11 is 0. The highest BCUT2D eigenvalue weighted by Gasteiger charge is 2.56. The number of nitrogen functional groups attached to an aromatic ring is 1. The number of hydrogen-bond acceptors (Lipinski definition) is 2. The molecular weight excluding hydrogens is 236 g/mol. The zero-order valence-electron chi connectivity index (χ0n) is 11.1. The Morgan fingerprint density at radius 2 is 2.00 bits per heavy atom. The van der Waals surface area contributed by atoms with Crippen molar-refractivity contribution < 1.29 is 4.79 Å². The molecule has 1 aromatic rings. The summed E-state index contributed by atoms with van der Waals surface area (Å²) in [6.45, 7) is 0. The van der Waals surface area contributed by atoms with Gasteiger partial charge < -0.3 is 11.1 Å². The molecule has 1 aromatic carbocycles. The van der Waals surface area contributed by atoms with Gasteiger partial charge in [-0.05, 0) is 60.8 Å². The first-order valence-electron chi connectivity index (χ1n) is 7.43. The molecule has 3 aliphatic rings. The lowest BCUT2D eigenvalue weighted by atomic mass is 10.1. The lowest BCUT2D eigenvalue weighted by Gasteiger charge is -2.15. The van der Waals surface area contributed by atoms with Gasteiger partial charge in [-0.25, -0.2) is 0 Å². The maximum Gasteiger partial charge on any atom is 0.224 e. The van der Waals surface area contributed by atoms with Crippen LogP contribution in [0, 0.1) is 17.8 Å². The average molecular weight is 256 g/mol. The highest BCUT2D eigenvalue weighted by Crippen LogP contribution is 2.57. The van der Waals surface area contributed by atoms with Crippen LogP contribution in [0.25, 0.3) is 0 Å². The highest BCUT2D eigenvalue weighted by molar-refractivity contribution is 5.83. The minimum absolute atomic E-state index is 0.212. The van der Waals surface area contributed by atoms with Gasteiger partial charge in [-0.2, -0.15) is 0 Å². The first kappa shape index (κ1) is 11.3. The number of carbonyl (C=O) groups excluding carboxylic acids is 1. The zero-order valence-corrected chi connectivity index (χ0v) is 11.1. The molecule has 0 aromatic heterocycles. The molecule has 3 aliphatic carbocycles. The Morgan fingerprint density at radius 1 is 1.21 bits per heavy atom. The molecule has 0 saturated heterocycles. The van der Waals surface area contributed by atoms with Crippen LogP contribution >= 0.6 is 0 Å². The van der Waals surface area contributed by atoms with Crippen molar-refractivity contribution in [2.24, 2.45) is 17.8 Å². The lowest BCUT2D eigenvalue weighted by Crippen LogP contribution is -2.29. The fourth-order valence-corrected chi connectivity index (χ4v) is 4.27. The first-order valence-corrected chi connectivity index (χ1v) is 7.43. The second-order valence-electron chi connectivity index (χ2n) is 6.34. The minimum atomic E-state index is 0.212. The molecule has 19 heavy (non-hydrogen) atoms. The van der Waals surface area contributed by atoms with Crippen LogP contribution in [-0.2, 0) is 11.2 Å². The van der Waals surface area contributed by atoms with Crippen molar-refractivity contribution >= 4 is 11.6 Å². The monoisotopic (exact) mass is 256 g/mol. The van der Waals surface area contributed by atoms with Crippen LogP contribution in [0.1, 0.15) is 42.9 Å². The standard InChI is InChI=1S/C16H20N2O/c17-10-5-6-11-9(8-10)4-7-14(11)18-16(19)15-12-2-1-3-13(12)15/h5-6,8,12-15H,1-4,7,17H2,(H,18,19). The normalized spacial score (nSPS) is 34.7. The fraction of sp³-hybridized carbons (Fsp3) is 0.562. The Morgan fingerprint density at radius 3 is 2.79 bits per heavy atom. The van der Waals surface area contributed by atoms with E-state index in [4.69, 9.17) is 5.73 Å². The zero-order chi connectivity index (χ0) is 13.0. The van der Waals surface area contributed by atoms with Crippen LogP contribution < -0.4 is 11.1 Å². The number of carbonyl (C=O) groups is 1. The number of aryl methyl sites for hydroxylation is 1. The molecular formula is C16H20N2O. The summed E-state index contributed by atoms with van der Waals surface area (Å²) in [7, 11) is 0. The van der Waals surface area contributed by atoms with E-state index >= 15 is 0 Å². The maximum atomic E-state index is 12.3. The Labute approximate surface area is 113 Å². The molecule has 3 atom stereocenters. The Balaban J connectivity index is 1.46. The summed E-state index contributed by atoms with van der Waals surface area (Å²) in [5, 5.41) is 3.27. The van der Waals surface area contributed by atoms with E-state index in [1.165, 1.54) is 30.4 Å². The van der Waals surface area contributed by atoms with E-state index in [0.717, 1.165) is 18.5 Å². The molecule has 100 valence electrons. The number of nitrogens with one attached hydrogen (secondary N) is 1. The Hall–Kier alpha value is -1.51. The number of rotatable bonds is 2. The second kappa shape index (κ2) is 3.99. The van der Waals surface area contributed by atoms with Gasteiger partial charge in [0.25, 0.3) is 0 Å². The third-order valence-electron chi connectivity index (χ3n) is 5.27. The molecule has 3 nitrogen and oxygen atoms in total. The summed E-state index contributed by atoms with van der Waals surface area (Å²) in [6, 6.07) is 6.28. The second-order valence-corrected chi connectivity index (χ2v) is 6.34.